The number of carbonyl (C=O) groups excluding carboxylic acids is 1. The summed E-state index contributed by atoms with van der Waals surface area (Å²) < 4.78 is 0. The Balaban J connectivity index is 3.40. The maximum atomic E-state index is 11.2. The highest BCUT2D eigenvalue weighted by Crippen LogP contribution is 2.11. The van der Waals surface area contributed by atoms with Gasteiger partial charge in [-0.05, 0) is 12.2 Å². The first-order chi connectivity index (χ1) is 6.95. The molecule has 1 amide bonds. The van der Waals surface area contributed by atoms with E-state index in [1.165, 1.54) is 0 Å². The van der Waals surface area contributed by atoms with Gasteiger partial charge in [0.1, 0.15) is 0 Å². The van der Waals surface area contributed by atoms with Gasteiger partial charge < -0.3 is 10.0 Å². The van der Waals surface area contributed by atoms with E-state index in [4.69, 9.17) is 5.11 Å². The van der Waals surface area contributed by atoms with Crippen molar-refractivity contribution in [2.75, 3.05) is 25.6 Å². The number of hydrogen-bond donors (Lipinski definition) is 1. The van der Waals surface area contributed by atoms with Gasteiger partial charge >= 0.3 is 5.97 Å². The number of aliphatic carboxylic acids is 1. The first-order valence-corrected chi connectivity index (χ1v) is 6.11. The van der Waals surface area contributed by atoms with Crippen LogP contribution in [0.25, 0.3) is 0 Å². The number of rotatable bonds is 7. The molecule has 0 fully saturated rings. The lowest BCUT2D eigenvalue weighted by atomic mass is 10.2. The number of amides is 1. The van der Waals surface area contributed by atoms with Crippen LogP contribution in [0.4, 0.5) is 0 Å². The molecule has 0 spiro atoms. The second-order valence-corrected chi connectivity index (χ2v) is 4.86. The molecule has 1 N–H and O–H groups in total. The van der Waals surface area contributed by atoms with Crippen molar-refractivity contribution in [1.82, 2.24) is 4.90 Å². The van der Waals surface area contributed by atoms with Crippen LogP contribution >= 0.6 is 11.8 Å². The molecule has 0 aliphatic rings. The summed E-state index contributed by atoms with van der Waals surface area (Å²) in [7, 11) is 3.48. The Bertz CT molecular complexity index is 219. The van der Waals surface area contributed by atoms with Gasteiger partial charge in [-0.1, -0.05) is 6.92 Å². The van der Waals surface area contributed by atoms with E-state index < -0.39 is 5.97 Å². The summed E-state index contributed by atoms with van der Waals surface area (Å²) in [6.45, 7) is 1.69. The van der Waals surface area contributed by atoms with Gasteiger partial charge in [0.05, 0.1) is 5.92 Å². The van der Waals surface area contributed by atoms with E-state index >= 15 is 0 Å². The second kappa shape index (κ2) is 7.56. The fraction of sp³-hybridized carbons (Fsp3) is 0.800. The van der Waals surface area contributed by atoms with Gasteiger partial charge in [0, 0.05) is 26.3 Å². The summed E-state index contributed by atoms with van der Waals surface area (Å²) in [6, 6.07) is 0. The third-order valence-electron chi connectivity index (χ3n) is 1.97. The minimum Gasteiger partial charge on any atom is -0.481 e. The molecule has 0 radical (unpaired) electrons. The quantitative estimate of drug-likeness (QED) is 0.674. The molecule has 1 unspecified atom stereocenters. The van der Waals surface area contributed by atoms with E-state index in [0.717, 1.165) is 12.2 Å². The number of hydrogen-bond acceptors (Lipinski definition) is 3. The summed E-state index contributed by atoms with van der Waals surface area (Å²) in [5.74, 6) is 0.524. The highest BCUT2D eigenvalue weighted by Gasteiger charge is 2.10. The first-order valence-electron chi connectivity index (χ1n) is 4.96. The van der Waals surface area contributed by atoms with Crippen LogP contribution in [-0.4, -0.2) is 47.5 Å². The Kier molecular flexibility index (Phi) is 7.21. The van der Waals surface area contributed by atoms with Crippen molar-refractivity contribution in [2.45, 2.75) is 19.8 Å². The van der Waals surface area contributed by atoms with E-state index in [0.29, 0.717) is 12.2 Å². The van der Waals surface area contributed by atoms with Crippen molar-refractivity contribution in [3.8, 4) is 0 Å². The van der Waals surface area contributed by atoms with Crippen molar-refractivity contribution in [1.29, 1.82) is 0 Å². The van der Waals surface area contributed by atoms with Crippen molar-refractivity contribution in [3.05, 3.63) is 0 Å². The minimum absolute atomic E-state index is 0.127. The molecule has 0 heterocycles. The molecular formula is C10H19NO3S. The van der Waals surface area contributed by atoms with Gasteiger partial charge in [-0.2, -0.15) is 11.8 Å². The van der Waals surface area contributed by atoms with E-state index in [9.17, 15) is 9.59 Å². The van der Waals surface area contributed by atoms with Gasteiger partial charge in [0.15, 0.2) is 0 Å². The number of carbonyl (C=O) groups is 2. The predicted octanol–water partition coefficient (Wildman–Crippen LogP) is 1.31. The fourth-order valence-electron chi connectivity index (χ4n) is 0.880. The number of thioether (sulfide) groups is 1. The molecule has 0 saturated heterocycles. The lowest BCUT2D eigenvalue weighted by Crippen LogP contribution is -2.21. The number of carboxylic acid groups (broad SMARTS) is 1. The third kappa shape index (κ3) is 7.25. The SMILES string of the molecule is CC(CSCCCC(=O)N(C)C)C(=O)O. The lowest BCUT2D eigenvalue weighted by molar-refractivity contribution is -0.140. The van der Waals surface area contributed by atoms with E-state index in [-0.39, 0.29) is 11.8 Å². The highest BCUT2D eigenvalue weighted by atomic mass is 32.2. The minimum atomic E-state index is -0.758. The molecule has 0 aromatic heterocycles. The smallest absolute Gasteiger partial charge is 0.307 e. The van der Waals surface area contributed by atoms with Crippen LogP contribution in [0.5, 0.6) is 0 Å². The van der Waals surface area contributed by atoms with Gasteiger partial charge in [-0.3, -0.25) is 9.59 Å². The zero-order valence-corrected chi connectivity index (χ0v) is 10.3. The van der Waals surface area contributed by atoms with Crippen molar-refractivity contribution >= 4 is 23.6 Å². The topological polar surface area (TPSA) is 57.6 Å². The Morgan fingerprint density at radius 3 is 2.47 bits per heavy atom. The lowest BCUT2D eigenvalue weighted by Gasteiger charge is -2.09. The van der Waals surface area contributed by atoms with Crippen LogP contribution in [0.1, 0.15) is 19.8 Å². The monoisotopic (exact) mass is 233 g/mol. The Morgan fingerprint density at radius 2 is 2.00 bits per heavy atom. The molecular weight excluding hydrogens is 214 g/mol. The predicted molar refractivity (Wildman–Crippen MR) is 62.1 cm³/mol. The fourth-order valence-corrected chi connectivity index (χ4v) is 1.89. The van der Waals surface area contributed by atoms with Crippen LogP contribution in [0.3, 0.4) is 0 Å². The van der Waals surface area contributed by atoms with Crippen LogP contribution in [0.2, 0.25) is 0 Å². The normalized spacial score (nSPS) is 12.2. The van der Waals surface area contributed by atoms with Crippen LogP contribution in [0, 0.1) is 5.92 Å². The summed E-state index contributed by atoms with van der Waals surface area (Å²) >= 11 is 1.59. The van der Waals surface area contributed by atoms with Crippen molar-refractivity contribution in [2.24, 2.45) is 5.92 Å². The number of carboxylic acids is 1. The maximum absolute atomic E-state index is 11.2. The summed E-state index contributed by atoms with van der Waals surface area (Å²) in [4.78, 5) is 23.2. The molecule has 0 rings (SSSR count). The molecule has 0 aliphatic heterocycles. The van der Waals surface area contributed by atoms with Gasteiger partial charge in [0.25, 0.3) is 0 Å². The maximum Gasteiger partial charge on any atom is 0.307 e. The molecule has 0 aliphatic carbocycles. The van der Waals surface area contributed by atoms with Crippen LogP contribution in [-0.2, 0) is 9.59 Å². The molecule has 0 bridgehead atoms. The molecule has 1 atom stereocenters. The second-order valence-electron chi connectivity index (χ2n) is 3.71. The van der Waals surface area contributed by atoms with Crippen LogP contribution < -0.4 is 0 Å². The highest BCUT2D eigenvalue weighted by molar-refractivity contribution is 7.99. The zero-order valence-electron chi connectivity index (χ0n) is 9.52. The molecule has 0 saturated carbocycles. The Morgan fingerprint density at radius 1 is 1.40 bits per heavy atom. The standard InChI is InChI=1S/C10H19NO3S/c1-8(10(13)14)7-15-6-4-5-9(12)11(2)3/h8H,4-7H2,1-3H3,(H,13,14). The summed E-state index contributed by atoms with van der Waals surface area (Å²) in [5, 5.41) is 8.63. The van der Waals surface area contributed by atoms with Crippen molar-refractivity contribution < 1.29 is 14.7 Å². The average molecular weight is 233 g/mol. The van der Waals surface area contributed by atoms with Crippen LogP contribution in [0.15, 0.2) is 0 Å². The Labute approximate surface area is 95.0 Å². The molecule has 4 nitrogen and oxygen atoms in total. The molecule has 15 heavy (non-hydrogen) atoms. The van der Waals surface area contributed by atoms with Gasteiger partial charge in [-0.25, -0.2) is 0 Å². The molecule has 5 heteroatoms. The molecule has 0 aromatic rings. The summed E-state index contributed by atoms with van der Waals surface area (Å²) in [6.07, 6.45) is 1.36. The average Bonchev–Trinajstić information content (AvgIpc) is 2.16. The zero-order chi connectivity index (χ0) is 11.8. The van der Waals surface area contributed by atoms with Gasteiger partial charge in [0.2, 0.25) is 5.91 Å². The Hall–Kier alpha value is -0.710. The molecule has 88 valence electrons. The first kappa shape index (κ1) is 14.3. The third-order valence-corrected chi connectivity index (χ3v) is 3.28. The summed E-state index contributed by atoms with van der Waals surface area (Å²) in [5.41, 5.74) is 0. The van der Waals surface area contributed by atoms with E-state index in [1.807, 2.05) is 0 Å². The largest absolute Gasteiger partial charge is 0.481 e. The van der Waals surface area contributed by atoms with Gasteiger partial charge in [-0.15, -0.1) is 0 Å². The molecule has 0 aromatic carbocycles. The number of nitrogens with zero attached hydrogens (tertiary/aromatic N) is 1. The van der Waals surface area contributed by atoms with Crippen molar-refractivity contribution in [3.63, 3.8) is 0 Å². The van der Waals surface area contributed by atoms with E-state index in [1.54, 1.807) is 37.7 Å². The van der Waals surface area contributed by atoms with E-state index in [2.05, 4.69) is 0 Å².